The molecule has 1 atom stereocenters. The van der Waals surface area contributed by atoms with Crippen LogP contribution in [0, 0.1) is 0 Å². The van der Waals surface area contributed by atoms with E-state index < -0.39 is 6.10 Å². The molecular formula is C10H11ClN2OS. The van der Waals surface area contributed by atoms with Crippen LogP contribution >= 0.6 is 22.9 Å². The number of thiazole rings is 1. The van der Waals surface area contributed by atoms with E-state index in [0.29, 0.717) is 5.15 Å². The van der Waals surface area contributed by atoms with E-state index in [-0.39, 0.29) is 0 Å². The third-order valence-electron chi connectivity index (χ3n) is 2.28. The minimum absolute atomic E-state index is 0.467. The fourth-order valence-electron chi connectivity index (χ4n) is 1.24. The van der Waals surface area contributed by atoms with Crippen molar-refractivity contribution >= 4 is 34.0 Å². The summed E-state index contributed by atoms with van der Waals surface area (Å²) in [5, 5.41) is 11.8. The van der Waals surface area contributed by atoms with E-state index in [9.17, 15) is 5.11 Å². The summed E-state index contributed by atoms with van der Waals surface area (Å²) in [4.78, 5) is 5.07. The number of aliphatic hydroxyl groups excluding tert-OH is 1. The minimum atomic E-state index is -0.467. The van der Waals surface area contributed by atoms with Gasteiger partial charge in [0.05, 0.1) is 11.8 Å². The zero-order chi connectivity index (χ0) is 11.0. The van der Waals surface area contributed by atoms with Crippen LogP contribution in [0.5, 0.6) is 0 Å². The van der Waals surface area contributed by atoms with Crippen LogP contribution in [-0.2, 0) is 0 Å². The van der Waals surface area contributed by atoms with Gasteiger partial charge in [-0.15, -0.1) is 11.3 Å². The average Bonchev–Trinajstić information content (AvgIpc) is 2.69. The smallest absolute Gasteiger partial charge is 0.195 e. The van der Waals surface area contributed by atoms with Crippen LogP contribution in [-0.4, -0.2) is 20.6 Å². The second-order valence-corrected chi connectivity index (χ2v) is 4.64. The summed E-state index contributed by atoms with van der Waals surface area (Å²) >= 11 is 7.54. The van der Waals surface area contributed by atoms with Crippen LogP contribution in [0.15, 0.2) is 17.2 Å². The molecule has 2 aromatic rings. The third-order valence-corrected chi connectivity index (χ3v) is 3.31. The van der Waals surface area contributed by atoms with Crippen molar-refractivity contribution in [1.82, 2.24) is 9.38 Å². The van der Waals surface area contributed by atoms with E-state index in [2.05, 4.69) is 4.98 Å². The normalized spacial score (nSPS) is 14.8. The summed E-state index contributed by atoms with van der Waals surface area (Å²) in [5.41, 5.74) is 1.69. The van der Waals surface area contributed by atoms with Crippen LogP contribution in [0.2, 0.25) is 5.15 Å². The molecule has 0 aliphatic carbocycles. The fraction of sp³-hybridized carbons (Fsp3) is 0.300. The van der Waals surface area contributed by atoms with Gasteiger partial charge < -0.3 is 5.11 Å². The summed E-state index contributed by atoms with van der Waals surface area (Å²) in [6.07, 6.45) is 3.31. The van der Waals surface area contributed by atoms with Crippen molar-refractivity contribution < 1.29 is 5.11 Å². The molecular weight excluding hydrogens is 232 g/mol. The van der Waals surface area contributed by atoms with Crippen molar-refractivity contribution in [2.75, 3.05) is 0 Å². The Morgan fingerprint density at radius 2 is 2.47 bits per heavy atom. The van der Waals surface area contributed by atoms with E-state index in [4.69, 9.17) is 11.6 Å². The Kier molecular flexibility index (Phi) is 2.82. The maximum atomic E-state index is 9.39. The van der Waals surface area contributed by atoms with Crippen LogP contribution < -0.4 is 0 Å². The van der Waals surface area contributed by atoms with E-state index in [0.717, 1.165) is 16.2 Å². The quantitative estimate of drug-likeness (QED) is 0.879. The van der Waals surface area contributed by atoms with E-state index in [1.165, 1.54) is 11.3 Å². The topological polar surface area (TPSA) is 37.5 Å². The molecule has 0 bridgehead atoms. The number of halogens is 1. The van der Waals surface area contributed by atoms with Gasteiger partial charge in [-0.3, -0.25) is 4.40 Å². The molecule has 0 aromatic carbocycles. The van der Waals surface area contributed by atoms with E-state index in [1.807, 2.05) is 29.0 Å². The number of aromatic nitrogens is 2. The first-order valence-electron chi connectivity index (χ1n) is 4.57. The monoisotopic (exact) mass is 242 g/mol. The standard InChI is InChI=1S/C10H11ClN2OS/c1-6(7(2)14)5-8-9(11)12-10-13(8)3-4-15-10/h3-5,7,14H,1-2H3/b6-5+. The maximum absolute atomic E-state index is 9.39. The number of rotatable bonds is 2. The second kappa shape index (κ2) is 3.96. The van der Waals surface area contributed by atoms with Gasteiger partial charge in [0.25, 0.3) is 0 Å². The van der Waals surface area contributed by atoms with Crippen molar-refractivity contribution in [2.45, 2.75) is 20.0 Å². The molecule has 0 amide bonds. The molecule has 2 aromatic heterocycles. The number of aliphatic hydroxyl groups is 1. The first-order chi connectivity index (χ1) is 7.09. The highest BCUT2D eigenvalue weighted by Crippen LogP contribution is 2.23. The Morgan fingerprint density at radius 1 is 1.73 bits per heavy atom. The summed E-state index contributed by atoms with van der Waals surface area (Å²) in [6.45, 7) is 3.60. The molecule has 0 saturated carbocycles. The van der Waals surface area contributed by atoms with Crippen LogP contribution in [0.25, 0.3) is 11.0 Å². The highest BCUT2D eigenvalue weighted by molar-refractivity contribution is 7.15. The van der Waals surface area contributed by atoms with Crippen LogP contribution in [0.3, 0.4) is 0 Å². The Bertz CT molecular complexity index is 512. The SMILES string of the molecule is C/C(=C\c1c(Cl)nc2sccn12)C(C)O. The Balaban J connectivity index is 2.55. The lowest BCUT2D eigenvalue weighted by atomic mass is 10.1. The van der Waals surface area contributed by atoms with Gasteiger partial charge in [0, 0.05) is 11.6 Å². The van der Waals surface area contributed by atoms with Crippen molar-refractivity contribution in [1.29, 1.82) is 0 Å². The fourth-order valence-corrected chi connectivity index (χ4v) is 2.24. The first-order valence-corrected chi connectivity index (χ1v) is 5.82. The van der Waals surface area contributed by atoms with Crippen molar-refractivity contribution in [3.8, 4) is 0 Å². The van der Waals surface area contributed by atoms with Gasteiger partial charge >= 0.3 is 0 Å². The molecule has 5 heteroatoms. The molecule has 3 nitrogen and oxygen atoms in total. The summed E-state index contributed by atoms with van der Waals surface area (Å²) < 4.78 is 1.92. The van der Waals surface area contributed by atoms with Gasteiger partial charge in [0.15, 0.2) is 10.1 Å². The number of hydrogen-bond acceptors (Lipinski definition) is 3. The zero-order valence-corrected chi connectivity index (χ0v) is 10.0. The molecule has 0 saturated heterocycles. The van der Waals surface area contributed by atoms with E-state index in [1.54, 1.807) is 6.92 Å². The highest BCUT2D eigenvalue weighted by atomic mass is 35.5. The molecule has 15 heavy (non-hydrogen) atoms. The summed E-state index contributed by atoms with van der Waals surface area (Å²) in [5.74, 6) is 0. The Morgan fingerprint density at radius 3 is 3.13 bits per heavy atom. The van der Waals surface area contributed by atoms with Crippen LogP contribution in [0.1, 0.15) is 19.5 Å². The van der Waals surface area contributed by atoms with Crippen molar-refractivity contribution in [2.24, 2.45) is 0 Å². The molecule has 0 spiro atoms. The van der Waals surface area contributed by atoms with Gasteiger partial charge in [-0.1, -0.05) is 11.6 Å². The predicted octanol–water partition coefficient (Wildman–Crippen LogP) is 2.83. The molecule has 80 valence electrons. The molecule has 0 fully saturated rings. The lowest BCUT2D eigenvalue weighted by Gasteiger charge is -2.03. The molecule has 0 aliphatic rings. The average molecular weight is 243 g/mol. The zero-order valence-electron chi connectivity index (χ0n) is 8.44. The summed E-state index contributed by atoms with van der Waals surface area (Å²) in [7, 11) is 0. The van der Waals surface area contributed by atoms with Gasteiger partial charge in [-0.05, 0) is 25.5 Å². The number of hydrogen-bond donors (Lipinski definition) is 1. The van der Waals surface area contributed by atoms with Gasteiger partial charge in [-0.2, -0.15) is 0 Å². The lowest BCUT2D eigenvalue weighted by molar-refractivity contribution is 0.232. The predicted molar refractivity (Wildman–Crippen MR) is 63.4 cm³/mol. The largest absolute Gasteiger partial charge is 0.389 e. The number of nitrogens with zero attached hydrogens (tertiary/aromatic N) is 2. The van der Waals surface area contributed by atoms with Crippen molar-refractivity contribution in [3.63, 3.8) is 0 Å². The van der Waals surface area contributed by atoms with Gasteiger partial charge in [-0.25, -0.2) is 4.98 Å². The van der Waals surface area contributed by atoms with E-state index >= 15 is 0 Å². The molecule has 1 N–H and O–H groups in total. The molecule has 2 rings (SSSR count). The second-order valence-electron chi connectivity index (χ2n) is 3.41. The number of imidazole rings is 1. The van der Waals surface area contributed by atoms with Gasteiger partial charge in [0.2, 0.25) is 0 Å². The molecule has 0 radical (unpaired) electrons. The Hall–Kier alpha value is -0.840. The maximum Gasteiger partial charge on any atom is 0.195 e. The summed E-state index contributed by atoms with van der Waals surface area (Å²) in [6, 6.07) is 0. The molecule has 2 heterocycles. The van der Waals surface area contributed by atoms with Crippen LogP contribution in [0.4, 0.5) is 0 Å². The first kappa shape index (κ1) is 10.7. The molecule has 0 aliphatic heterocycles. The third kappa shape index (κ3) is 1.93. The number of fused-ring (bicyclic) bond motifs is 1. The lowest BCUT2D eigenvalue weighted by Crippen LogP contribution is -2.00. The molecule has 1 unspecified atom stereocenters. The van der Waals surface area contributed by atoms with Gasteiger partial charge in [0.1, 0.15) is 0 Å². The van der Waals surface area contributed by atoms with Crippen molar-refractivity contribution in [3.05, 3.63) is 28.0 Å². The highest BCUT2D eigenvalue weighted by Gasteiger charge is 2.10. The minimum Gasteiger partial charge on any atom is -0.389 e. The Labute approximate surface area is 96.6 Å².